The number of rotatable bonds is 8. The van der Waals surface area contributed by atoms with E-state index in [1.807, 2.05) is 13.8 Å². The molecule has 8 aliphatic rings. The highest BCUT2D eigenvalue weighted by Gasteiger charge is 2.71. The minimum atomic E-state index is -1.98. The summed E-state index contributed by atoms with van der Waals surface area (Å²) in [4.78, 5) is 27.1. The minimum absolute atomic E-state index is 0.0522. The van der Waals surface area contributed by atoms with Gasteiger partial charge in [-0.25, -0.2) is 4.79 Å². The van der Waals surface area contributed by atoms with Gasteiger partial charge in [-0.2, -0.15) is 0 Å². The highest BCUT2D eigenvalue weighted by Crippen LogP contribution is 2.76. The highest BCUT2D eigenvalue weighted by atomic mass is 16.7. The van der Waals surface area contributed by atoms with Crippen molar-refractivity contribution in [2.75, 3.05) is 6.61 Å². The van der Waals surface area contributed by atoms with Crippen LogP contribution in [0.25, 0.3) is 0 Å². The summed E-state index contributed by atoms with van der Waals surface area (Å²) in [7, 11) is 0. The first-order chi connectivity index (χ1) is 31.1. The van der Waals surface area contributed by atoms with Crippen LogP contribution in [0.4, 0.5) is 0 Å². The van der Waals surface area contributed by atoms with Gasteiger partial charge in [0.1, 0.15) is 61.0 Å². The van der Waals surface area contributed by atoms with Gasteiger partial charge in [0.15, 0.2) is 18.7 Å². The summed E-state index contributed by atoms with van der Waals surface area (Å²) in [6.45, 7) is 16.1. The third-order valence-electron chi connectivity index (χ3n) is 19.2. The Hall–Kier alpha value is -1.92. The molecule has 0 spiro atoms. The topological polar surface area (TPSA) is 312 Å². The van der Waals surface area contributed by atoms with Gasteiger partial charge >= 0.3 is 11.9 Å². The normalized spacial score (nSPS) is 53.7. The zero-order valence-electron chi connectivity index (χ0n) is 39.9. The second-order valence-electron chi connectivity index (χ2n) is 23.7. The smallest absolute Gasteiger partial charge is 0.335 e. The lowest BCUT2D eigenvalue weighted by atomic mass is 9.33. The van der Waals surface area contributed by atoms with Crippen molar-refractivity contribution in [3.05, 3.63) is 11.6 Å². The van der Waals surface area contributed by atoms with E-state index < -0.39 is 139 Å². The molecule has 3 heterocycles. The number of aliphatic hydroxyl groups is 10. The zero-order valence-corrected chi connectivity index (χ0v) is 39.9. The second-order valence-corrected chi connectivity index (χ2v) is 23.7. The number of carbonyl (C=O) groups excluding carboxylic acids is 1. The molecule has 0 bridgehead atoms. The Labute approximate surface area is 391 Å². The van der Waals surface area contributed by atoms with Gasteiger partial charge in [-0.05, 0) is 110 Å². The molecule has 0 aromatic rings. The van der Waals surface area contributed by atoms with E-state index in [0.29, 0.717) is 38.5 Å². The monoisotopic (exact) mass is 956 g/mol. The summed E-state index contributed by atoms with van der Waals surface area (Å²) in [5.41, 5.74) is -1.78. The van der Waals surface area contributed by atoms with Crippen LogP contribution < -0.4 is 0 Å². The van der Waals surface area contributed by atoms with Crippen LogP contribution in [0.5, 0.6) is 0 Å². The van der Waals surface area contributed by atoms with Crippen LogP contribution in [-0.4, -0.2) is 179 Å². The average molecular weight is 957 g/mol. The van der Waals surface area contributed by atoms with E-state index in [2.05, 4.69) is 40.7 Å². The van der Waals surface area contributed by atoms with Gasteiger partial charge in [0.2, 0.25) is 6.29 Å². The summed E-state index contributed by atoms with van der Waals surface area (Å²) in [5, 5.41) is 118. The fourth-order valence-corrected chi connectivity index (χ4v) is 15.1. The molecule has 67 heavy (non-hydrogen) atoms. The molecule has 382 valence electrons. The van der Waals surface area contributed by atoms with Crippen LogP contribution in [-0.2, 0) is 38.0 Å². The molecule has 19 heteroatoms. The predicted molar refractivity (Wildman–Crippen MR) is 231 cm³/mol. The molecule has 11 N–H and O–H groups in total. The predicted octanol–water partition coefficient (Wildman–Crippen LogP) is 0.231. The third-order valence-corrected chi connectivity index (χ3v) is 19.2. The van der Waals surface area contributed by atoms with Gasteiger partial charge in [-0.1, -0.05) is 60.1 Å². The number of carbonyl (C=O) groups is 2. The lowest BCUT2D eigenvalue weighted by Crippen LogP contribution is -2.69. The molecular weight excluding hydrogens is 881 g/mol. The molecule has 19 nitrogen and oxygen atoms in total. The zero-order chi connectivity index (χ0) is 49.3. The SMILES string of the molecule is C[C@@H]1O[C@@H](O[C@@H]2[C@@H](O)[C@H](O[C@@H]3[C@H](O)C[C@@]4(C)C(CC[C@]5(C)C4CC=C4[C@@H]6CC(C)(C)CC[C@]6(C(=O)O[C@@H]6O[C@H](CO)[C@@H](O)[C@H](O)[C@H]6O)CC[C@]45C)C3(C)C)O[C@H](C(=O)O)[C@H]2O)[C@H](O)[C@H](O)[C@H]1O. The van der Waals surface area contributed by atoms with Crippen molar-refractivity contribution in [3.8, 4) is 0 Å². The number of aliphatic carboxylic acids is 1. The Bertz CT molecular complexity index is 1890. The van der Waals surface area contributed by atoms with Crippen molar-refractivity contribution in [1.29, 1.82) is 0 Å². The Morgan fingerprint density at radius 2 is 1.31 bits per heavy atom. The van der Waals surface area contributed by atoms with E-state index in [4.69, 9.17) is 28.4 Å². The number of ether oxygens (including phenoxy) is 6. The maximum atomic E-state index is 14.7. The van der Waals surface area contributed by atoms with Crippen LogP contribution in [0.1, 0.15) is 113 Å². The molecule has 8 rings (SSSR count). The molecule has 7 fully saturated rings. The Balaban J connectivity index is 1.05. The van der Waals surface area contributed by atoms with Gasteiger partial charge in [-0.3, -0.25) is 4.79 Å². The molecule has 5 aliphatic carbocycles. The fourth-order valence-electron chi connectivity index (χ4n) is 15.1. The molecular formula is C48H76O19. The Kier molecular flexibility index (Phi) is 13.6. The van der Waals surface area contributed by atoms with Crippen LogP contribution in [0, 0.1) is 50.2 Å². The van der Waals surface area contributed by atoms with Crippen molar-refractivity contribution in [3.63, 3.8) is 0 Å². The van der Waals surface area contributed by atoms with Crippen molar-refractivity contribution < 1.29 is 94.2 Å². The van der Waals surface area contributed by atoms with Crippen molar-refractivity contribution in [2.45, 2.75) is 218 Å². The number of hydrogen-bond donors (Lipinski definition) is 11. The average Bonchev–Trinajstić information content (AvgIpc) is 3.25. The number of carboxylic acids is 1. The second kappa shape index (κ2) is 17.7. The summed E-state index contributed by atoms with van der Waals surface area (Å²) in [6.07, 6.45) is -18.9. The first kappa shape index (κ1) is 51.4. The molecule has 0 radical (unpaired) electrons. The molecule has 0 aromatic carbocycles. The van der Waals surface area contributed by atoms with Gasteiger partial charge in [-0.15, -0.1) is 0 Å². The quantitative estimate of drug-likeness (QED) is 0.0882. The number of hydrogen-bond acceptors (Lipinski definition) is 18. The van der Waals surface area contributed by atoms with Crippen LogP contribution in [0.3, 0.4) is 0 Å². The van der Waals surface area contributed by atoms with Crippen molar-refractivity contribution in [1.82, 2.24) is 0 Å². The third kappa shape index (κ3) is 7.97. The van der Waals surface area contributed by atoms with E-state index in [0.717, 1.165) is 19.3 Å². The summed E-state index contributed by atoms with van der Waals surface area (Å²) in [5.74, 6) is -2.32. The molecule has 24 atom stereocenters. The van der Waals surface area contributed by atoms with E-state index >= 15 is 0 Å². The first-order valence-corrected chi connectivity index (χ1v) is 24.3. The summed E-state index contributed by atoms with van der Waals surface area (Å²) >= 11 is 0. The van der Waals surface area contributed by atoms with Crippen LogP contribution >= 0.6 is 0 Å². The van der Waals surface area contributed by atoms with E-state index in [1.54, 1.807) is 0 Å². The molecule has 3 aliphatic heterocycles. The van der Waals surface area contributed by atoms with Crippen LogP contribution in [0.15, 0.2) is 11.6 Å². The van der Waals surface area contributed by atoms with E-state index in [-0.39, 0.29) is 34.0 Å². The number of esters is 1. The number of fused-ring (bicyclic) bond motifs is 7. The maximum absolute atomic E-state index is 14.7. The van der Waals surface area contributed by atoms with E-state index in [1.165, 1.54) is 12.5 Å². The molecule has 2 unspecified atom stereocenters. The minimum Gasteiger partial charge on any atom is -0.479 e. The summed E-state index contributed by atoms with van der Waals surface area (Å²) < 4.78 is 35.1. The lowest BCUT2D eigenvalue weighted by molar-refractivity contribution is -0.368. The molecule has 4 saturated carbocycles. The van der Waals surface area contributed by atoms with Gasteiger partial charge < -0.3 is 84.6 Å². The van der Waals surface area contributed by atoms with Gasteiger partial charge in [0, 0.05) is 0 Å². The van der Waals surface area contributed by atoms with E-state index in [9.17, 15) is 65.8 Å². The molecule has 3 saturated heterocycles. The van der Waals surface area contributed by atoms with Crippen molar-refractivity contribution in [2.24, 2.45) is 50.2 Å². The Morgan fingerprint density at radius 1 is 0.687 bits per heavy atom. The summed E-state index contributed by atoms with van der Waals surface area (Å²) in [6, 6.07) is 0. The highest BCUT2D eigenvalue weighted by molar-refractivity contribution is 5.79. The standard InChI is InChI=1S/C48H76O19/c1-20-27(51)29(53)31(55)39(62-20)64-35-33(57)36(38(59)60)65-41(34(35)58)66-37-23(50)18-45(6)25(44(37,4)5)11-12-47(8)26(45)10-9-21-22-17-43(2,3)13-15-48(22,16-14-46(21,47)7)42(61)67-40-32(56)30(54)28(52)24(19-49)63-40/h9,20,22-37,39-41,49-58H,10-19H2,1-8H3,(H,59,60)/t20-,22-,23+,24+,25?,26?,27-,28+,29+,30-,31+,32+,33-,34+,35-,36-,37+,39-,40-,41-,45-,46+,47+,48-/m0/s1. The number of allylic oxidation sites excluding steroid dienone is 2. The largest absolute Gasteiger partial charge is 0.479 e. The fraction of sp³-hybridized carbons (Fsp3) is 0.917. The number of carboxylic acid groups (broad SMARTS) is 1. The van der Waals surface area contributed by atoms with Gasteiger partial charge in [0.25, 0.3) is 0 Å². The van der Waals surface area contributed by atoms with Gasteiger partial charge in [0.05, 0.1) is 30.3 Å². The van der Waals surface area contributed by atoms with Crippen molar-refractivity contribution >= 4 is 11.9 Å². The first-order valence-electron chi connectivity index (χ1n) is 24.3. The molecule has 0 amide bonds. The Morgan fingerprint density at radius 3 is 1.97 bits per heavy atom. The molecule has 0 aromatic heterocycles. The maximum Gasteiger partial charge on any atom is 0.335 e. The van der Waals surface area contributed by atoms with Crippen LogP contribution in [0.2, 0.25) is 0 Å². The number of aliphatic hydroxyl groups excluding tert-OH is 10. The lowest BCUT2D eigenvalue weighted by Gasteiger charge is -2.71.